The van der Waals surface area contributed by atoms with Crippen LogP contribution in [0.4, 0.5) is 0 Å². The highest BCUT2D eigenvalue weighted by atomic mass is 35.5. The number of halogens is 2. The Hall–Kier alpha value is -1.62. The molecule has 0 spiro atoms. The molecule has 2 N–H and O–H groups in total. The van der Waals surface area contributed by atoms with E-state index in [2.05, 4.69) is 52.9 Å². The molecule has 1 aromatic carbocycles. The van der Waals surface area contributed by atoms with Crippen molar-refractivity contribution in [2.75, 3.05) is 13.1 Å². The number of benzene rings is 1. The molecule has 0 bridgehead atoms. The molecular weight excluding hydrogens is 393 g/mol. The average molecular weight is 424 g/mol. The zero-order valence-corrected chi connectivity index (χ0v) is 18.2. The number of carbonyl (C=O) groups excluding carboxylic acids is 1. The van der Waals surface area contributed by atoms with E-state index in [1.807, 2.05) is 19.2 Å². The Morgan fingerprint density at radius 1 is 1.18 bits per heavy atom. The molecule has 2 heterocycles. The minimum absolute atomic E-state index is 0. The molecule has 0 radical (unpaired) electrons. The molecule has 4 nitrogen and oxygen atoms in total. The molecule has 154 valence electrons. The lowest BCUT2D eigenvalue weighted by atomic mass is 9.85. The van der Waals surface area contributed by atoms with Gasteiger partial charge in [-0.05, 0) is 67.4 Å². The van der Waals surface area contributed by atoms with Crippen LogP contribution in [0.3, 0.4) is 0 Å². The number of rotatable bonds is 6. The lowest BCUT2D eigenvalue weighted by molar-refractivity contribution is -0.123. The number of aromatic nitrogens is 1. The van der Waals surface area contributed by atoms with Crippen LogP contribution in [0.15, 0.2) is 48.8 Å². The zero-order chi connectivity index (χ0) is 18.4. The lowest BCUT2D eigenvalue weighted by Gasteiger charge is -2.28. The van der Waals surface area contributed by atoms with Gasteiger partial charge in [0.2, 0.25) is 5.91 Å². The van der Waals surface area contributed by atoms with Crippen molar-refractivity contribution in [2.45, 2.75) is 39.2 Å². The predicted molar refractivity (Wildman–Crippen MR) is 120 cm³/mol. The fourth-order valence-corrected chi connectivity index (χ4v) is 3.71. The van der Waals surface area contributed by atoms with Crippen molar-refractivity contribution in [2.24, 2.45) is 11.8 Å². The van der Waals surface area contributed by atoms with E-state index >= 15 is 0 Å². The van der Waals surface area contributed by atoms with Crippen molar-refractivity contribution in [3.63, 3.8) is 0 Å². The maximum atomic E-state index is 12.4. The van der Waals surface area contributed by atoms with E-state index in [1.54, 1.807) is 6.20 Å². The van der Waals surface area contributed by atoms with Crippen molar-refractivity contribution in [3.05, 3.63) is 54.4 Å². The molecule has 1 aromatic heterocycles. The summed E-state index contributed by atoms with van der Waals surface area (Å²) in [5, 5.41) is 6.59. The fraction of sp³-hybridized carbons (Fsp3) is 0.455. The summed E-state index contributed by atoms with van der Waals surface area (Å²) < 4.78 is 0. The highest BCUT2D eigenvalue weighted by Gasteiger charge is 2.22. The van der Waals surface area contributed by atoms with Gasteiger partial charge in [-0.25, -0.2) is 0 Å². The first kappa shape index (κ1) is 24.4. The summed E-state index contributed by atoms with van der Waals surface area (Å²) in [7, 11) is 0. The molecule has 28 heavy (non-hydrogen) atoms. The van der Waals surface area contributed by atoms with E-state index in [-0.39, 0.29) is 36.8 Å². The van der Waals surface area contributed by atoms with Gasteiger partial charge in [-0.15, -0.1) is 24.8 Å². The number of nitrogens with one attached hydrogen (secondary N) is 2. The summed E-state index contributed by atoms with van der Waals surface area (Å²) in [5.74, 6) is 1.18. The topological polar surface area (TPSA) is 54.0 Å². The monoisotopic (exact) mass is 423 g/mol. The number of pyridine rings is 1. The molecule has 3 unspecified atom stereocenters. The number of hydrogen-bond donors (Lipinski definition) is 2. The molecule has 2 aromatic rings. The van der Waals surface area contributed by atoms with Crippen molar-refractivity contribution in [3.8, 4) is 11.1 Å². The Balaban J connectivity index is 0.00000196. The van der Waals surface area contributed by atoms with Crippen LogP contribution in [0, 0.1) is 11.8 Å². The maximum absolute atomic E-state index is 12.4. The Labute approximate surface area is 180 Å². The lowest BCUT2D eigenvalue weighted by Crippen LogP contribution is -2.36. The number of carbonyl (C=O) groups is 1. The molecule has 0 saturated carbocycles. The number of hydrogen-bond acceptors (Lipinski definition) is 3. The molecule has 3 rings (SSSR count). The van der Waals surface area contributed by atoms with Gasteiger partial charge in [-0.3, -0.25) is 9.78 Å². The van der Waals surface area contributed by atoms with Gasteiger partial charge in [0, 0.05) is 18.8 Å². The van der Waals surface area contributed by atoms with Gasteiger partial charge in [0.05, 0.1) is 6.04 Å². The quantitative estimate of drug-likeness (QED) is 0.701. The molecule has 1 aliphatic heterocycles. The zero-order valence-electron chi connectivity index (χ0n) is 16.6. The summed E-state index contributed by atoms with van der Waals surface area (Å²) in [6.45, 7) is 6.40. The van der Waals surface area contributed by atoms with Gasteiger partial charge in [-0.1, -0.05) is 37.3 Å². The molecule has 1 aliphatic rings. The van der Waals surface area contributed by atoms with Crippen molar-refractivity contribution < 1.29 is 4.79 Å². The second-order valence-corrected chi connectivity index (χ2v) is 7.44. The van der Waals surface area contributed by atoms with Crippen LogP contribution in [-0.4, -0.2) is 24.0 Å². The molecule has 3 atom stereocenters. The van der Waals surface area contributed by atoms with Gasteiger partial charge in [-0.2, -0.15) is 0 Å². The van der Waals surface area contributed by atoms with Crippen molar-refractivity contribution in [1.29, 1.82) is 0 Å². The van der Waals surface area contributed by atoms with Crippen LogP contribution < -0.4 is 10.6 Å². The van der Waals surface area contributed by atoms with Crippen LogP contribution in [0.25, 0.3) is 11.1 Å². The molecule has 0 aliphatic carbocycles. The minimum atomic E-state index is 0. The van der Waals surface area contributed by atoms with Gasteiger partial charge in [0.25, 0.3) is 0 Å². The second-order valence-electron chi connectivity index (χ2n) is 7.44. The molecule has 1 amide bonds. The van der Waals surface area contributed by atoms with Gasteiger partial charge < -0.3 is 10.6 Å². The van der Waals surface area contributed by atoms with Crippen LogP contribution in [0.2, 0.25) is 0 Å². The van der Waals surface area contributed by atoms with E-state index < -0.39 is 0 Å². The first-order valence-electron chi connectivity index (χ1n) is 9.64. The third-order valence-corrected chi connectivity index (χ3v) is 5.43. The summed E-state index contributed by atoms with van der Waals surface area (Å²) in [6.07, 6.45) is 6.69. The summed E-state index contributed by atoms with van der Waals surface area (Å²) in [6, 6.07) is 12.4. The van der Waals surface area contributed by atoms with Gasteiger partial charge in [0.1, 0.15) is 0 Å². The fourth-order valence-electron chi connectivity index (χ4n) is 3.71. The Bertz CT molecular complexity index is 703. The second kappa shape index (κ2) is 12.1. The SMILES string of the molecule is CC(NC(=O)CC(C)C1CCCNC1)c1ccc(-c2cccnc2)cc1.Cl.Cl. The van der Waals surface area contributed by atoms with Crippen LogP contribution in [-0.2, 0) is 4.79 Å². The predicted octanol–water partition coefficient (Wildman–Crippen LogP) is 4.80. The smallest absolute Gasteiger partial charge is 0.220 e. The highest BCUT2D eigenvalue weighted by molar-refractivity contribution is 5.85. The van der Waals surface area contributed by atoms with Crippen LogP contribution in [0.5, 0.6) is 0 Å². The molecule has 1 fully saturated rings. The number of piperidine rings is 1. The largest absolute Gasteiger partial charge is 0.350 e. The summed E-state index contributed by atoms with van der Waals surface area (Å²) in [5.41, 5.74) is 3.36. The first-order valence-corrected chi connectivity index (χ1v) is 9.64. The number of nitrogens with zero attached hydrogens (tertiary/aromatic N) is 1. The Kier molecular flexibility index (Phi) is 10.5. The molecular formula is C22H31Cl2N3O. The summed E-state index contributed by atoms with van der Waals surface area (Å²) in [4.78, 5) is 16.6. The van der Waals surface area contributed by atoms with Crippen molar-refractivity contribution >= 4 is 30.7 Å². The van der Waals surface area contributed by atoms with E-state index in [0.29, 0.717) is 18.3 Å². The third kappa shape index (κ3) is 6.77. The Morgan fingerprint density at radius 3 is 2.54 bits per heavy atom. The van der Waals surface area contributed by atoms with E-state index in [0.717, 1.165) is 29.8 Å². The number of amides is 1. The van der Waals surface area contributed by atoms with Gasteiger partial charge in [0.15, 0.2) is 0 Å². The molecule has 6 heteroatoms. The normalized spacial score (nSPS) is 18.1. The van der Waals surface area contributed by atoms with Crippen LogP contribution >= 0.6 is 24.8 Å². The third-order valence-electron chi connectivity index (χ3n) is 5.43. The summed E-state index contributed by atoms with van der Waals surface area (Å²) >= 11 is 0. The Morgan fingerprint density at radius 2 is 1.93 bits per heavy atom. The maximum Gasteiger partial charge on any atom is 0.220 e. The van der Waals surface area contributed by atoms with E-state index in [1.165, 1.54) is 12.8 Å². The van der Waals surface area contributed by atoms with Crippen LogP contribution in [0.1, 0.15) is 44.7 Å². The standard InChI is InChI=1S/C22H29N3O.2ClH/c1-16(20-5-3-11-23-14-20)13-22(26)25-17(2)18-7-9-19(10-8-18)21-6-4-12-24-15-21;;/h4,6-10,12,15-17,20,23H,3,5,11,13-14H2,1-2H3,(H,25,26);2*1H. The first-order chi connectivity index (χ1) is 12.6. The average Bonchev–Trinajstić information content (AvgIpc) is 2.69. The highest BCUT2D eigenvalue weighted by Crippen LogP contribution is 2.24. The molecule has 1 saturated heterocycles. The van der Waals surface area contributed by atoms with E-state index in [9.17, 15) is 4.79 Å². The van der Waals surface area contributed by atoms with Gasteiger partial charge >= 0.3 is 0 Å². The van der Waals surface area contributed by atoms with Crippen molar-refractivity contribution in [1.82, 2.24) is 15.6 Å². The van der Waals surface area contributed by atoms with E-state index in [4.69, 9.17) is 0 Å². The minimum Gasteiger partial charge on any atom is -0.350 e.